The third kappa shape index (κ3) is 4.95. The Bertz CT molecular complexity index is 437. The van der Waals surface area contributed by atoms with Gasteiger partial charge in [0.1, 0.15) is 6.10 Å². The normalized spacial score (nSPS) is 18.2. The fourth-order valence-corrected chi connectivity index (χ4v) is 3.13. The summed E-state index contributed by atoms with van der Waals surface area (Å²) in [4.78, 5) is 17.4. The SMILES string of the molecule is CC(C)(C)C(=O)N1CCN(CC(O)c2cccs2)CC1.Cl. The van der Waals surface area contributed by atoms with Crippen molar-refractivity contribution in [3.8, 4) is 0 Å². The summed E-state index contributed by atoms with van der Waals surface area (Å²) in [5.74, 6) is 0.218. The number of thiophene rings is 1. The van der Waals surface area contributed by atoms with E-state index in [2.05, 4.69) is 4.90 Å². The smallest absolute Gasteiger partial charge is 0.228 e. The van der Waals surface area contributed by atoms with E-state index >= 15 is 0 Å². The van der Waals surface area contributed by atoms with Gasteiger partial charge in [0.05, 0.1) is 0 Å². The quantitative estimate of drug-likeness (QED) is 0.924. The molecular formula is C15H25ClN2O2S. The molecule has 0 radical (unpaired) electrons. The number of rotatable bonds is 3. The maximum atomic E-state index is 12.2. The Morgan fingerprint density at radius 2 is 1.95 bits per heavy atom. The molecule has 1 fully saturated rings. The van der Waals surface area contributed by atoms with Crippen LogP contribution < -0.4 is 0 Å². The van der Waals surface area contributed by atoms with Gasteiger partial charge in [-0.3, -0.25) is 9.69 Å². The number of carbonyl (C=O) groups excluding carboxylic acids is 1. The fraction of sp³-hybridized carbons (Fsp3) is 0.667. The van der Waals surface area contributed by atoms with Gasteiger partial charge >= 0.3 is 0 Å². The van der Waals surface area contributed by atoms with Gasteiger partial charge in [-0.1, -0.05) is 26.8 Å². The van der Waals surface area contributed by atoms with Crippen molar-refractivity contribution in [1.29, 1.82) is 0 Å². The summed E-state index contributed by atoms with van der Waals surface area (Å²) in [6.07, 6.45) is -0.417. The number of carbonyl (C=O) groups is 1. The summed E-state index contributed by atoms with van der Waals surface area (Å²) in [7, 11) is 0. The van der Waals surface area contributed by atoms with Crippen LogP contribution in [-0.4, -0.2) is 53.5 Å². The van der Waals surface area contributed by atoms with Gasteiger partial charge < -0.3 is 10.0 Å². The van der Waals surface area contributed by atoms with E-state index in [1.54, 1.807) is 11.3 Å². The molecule has 2 rings (SSSR count). The highest BCUT2D eigenvalue weighted by Gasteiger charge is 2.30. The standard InChI is InChI=1S/C15H24N2O2S.ClH/c1-15(2,3)14(19)17-8-6-16(7-9-17)11-12(18)13-5-4-10-20-13;/h4-5,10,12,18H,6-9,11H2,1-3H3;1H. The third-order valence-corrected chi connectivity index (χ3v) is 4.58. The van der Waals surface area contributed by atoms with Gasteiger partial charge in [0.25, 0.3) is 0 Å². The molecule has 21 heavy (non-hydrogen) atoms. The lowest BCUT2D eigenvalue weighted by Crippen LogP contribution is -2.52. The van der Waals surface area contributed by atoms with Crippen molar-refractivity contribution in [2.24, 2.45) is 5.41 Å². The van der Waals surface area contributed by atoms with Crippen molar-refractivity contribution >= 4 is 29.7 Å². The molecule has 4 nitrogen and oxygen atoms in total. The first kappa shape index (κ1) is 18.4. The second kappa shape index (κ2) is 7.58. The molecule has 6 heteroatoms. The van der Waals surface area contributed by atoms with Crippen LogP contribution in [0.2, 0.25) is 0 Å². The largest absolute Gasteiger partial charge is 0.386 e. The maximum Gasteiger partial charge on any atom is 0.228 e. The Labute approximate surface area is 137 Å². The maximum absolute atomic E-state index is 12.2. The van der Waals surface area contributed by atoms with E-state index in [1.807, 2.05) is 43.2 Å². The monoisotopic (exact) mass is 332 g/mol. The highest BCUT2D eigenvalue weighted by Crippen LogP contribution is 2.22. The zero-order valence-electron chi connectivity index (χ0n) is 12.9. The number of aliphatic hydroxyl groups is 1. The first-order valence-electron chi connectivity index (χ1n) is 7.11. The fourth-order valence-electron chi connectivity index (χ4n) is 2.42. The molecule has 1 aliphatic heterocycles. The van der Waals surface area contributed by atoms with Crippen LogP contribution in [0.3, 0.4) is 0 Å². The lowest BCUT2D eigenvalue weighted by atomic mass is 9.94. The highest BCUT2D eigenvalue weighted by atomic mass is 35.5. The minimum Gasteiger partial charge on any atom is -0.386 e. The summed E-state index contributed by atoms with van der Waals surface area (Å²) in [5.41, 5.74) is -0.307. The van der Waals surface area contributed by atoms with Crippen molar-refractivity contribution < 1.29 is 9.90 Å². The molecule has 1 unspecified atom stereocenters. The van der Waals surface area contributed by atoms with E-state index in [-0.39, 0.29) is 23.7 Å². The molecule has 0 bridgehead atoms. The van der Waals surface area contributed by atoms with E-state index in [0.29, 0.717) is 6.54 Å². The van der Waals surface area contributed by atoms with Gasteiger partial charge in [0.2, 0.25) is 5.91 Å². The van der Waals surface area contributed by atoms with Crippen molar-refractivity contribution in [3.05, 3.63) is 22.4 Å². The summed E-state index contributed by atoms with van der Waals surface area (Å²) >= 11 is 1.59. The number of aliphatic hydroxyl groups excluding tert-OH is 1. The molecule has 1 saturated heterocycles. The first-order valence-corrected chi connectivity index (χ1v) is 7.99. The van der Waals surface area contributed by atoms with Crippen LogP contribution in [0.15, 0.2) is 17.5 Å². The van der Waals surface area contributed by atoms with E-state index in [9.17, 15) is 9.90 Å². The van der Waals surface area contributed by atoms with Gasteiger partial charge in [0, 0.05) is 43.0 Å². The van der Waals surface area contributed by atoms with Crippen LogP contribution in [0.5, 0.6) is 0 Å². The number of hydrogen-bond donors (Lipinski definition) is 1. The molecule has 120 valence electrons. The molecule has 1 amide bonds. The molecule has 1 aromatic heterocycles. The van der Waals surface area contributed by atoms with Gasteiger partial charge in [0.15, 0.2) is 0 Å². The Morgan fingerprint density at radius 3 is 2.43 bits per heavy atom. The molecular weight excluding hydrogens is 308 g/mol. The lowest BCUT2D eigenvalue weighted by molar-refractivity contribution is -0.141. The zero-order chi connectivity index (χ0) is 14.8. The molecule has 1 aromatic rings. The van der Waals surface area contributed by atoms with Crippen molar-refractivity contribution in [1.82, 2.24) is 9.80 Å². The summed E-state index contributed by atoms with van der Waals surface area (Å²) in [5, 5.41) is 12.1. The summed E-state index contributed by atoms with van der Waals surface area (Å²) < 4.78 is 0. The zero-order valence-corrected chi connectivity index (χ0v) is 14.5. The molecule has 1 aliphatic rings. The molecule has 0 saturated carbocycles. The minimum atomic E-state index is -0.417. The van der Waals surface area contributed by atoms with Crippen molar-refractivity contribution in [3.63, 3.8) is 0 Å². The molecule has 1 N–H and O–H groups in total. The predicted molar refractivity (Wildman–Crippen MR) is 89.0 cm³/mol. The Morgan fingerprint density at radius 1 is 1.33 bits per heavy atom. The van der Waals surface area contributed by atoms with Crippen LogP contribution in [0.1, 0.15) is 31.8 Å². The van der Waals surface area contributed by atoms with Crippen molar-refractivity contribution in [2.45, 2.75) is 26.9 Å². The van der Waals surface area contributed by atoms with Crippen LogP contribution in [-0.2, 0) is 4.79 Å². The van der Waals surface area contributed by atoms with Crippen LogP contribution in [0.25, 0.3) is 0 Å². The van der Waals surface area contributed by atoms with E-state index in [4.69, 9.17) is 0 Å². The summed E-state index contributed by atoms with van der Waals surface area (Å²) in [6.45, 7) is 9.72. The number of piperazine rings is 1. The Kier molecular flexibility index (Phi) is 6.66. The Balaban J connectivity index is 0.00000220. The molecule has 1 atom stereocenters. The van der Waals surface area contributed by atoms with Gasteiger partial charge in [-0.15, -0.1) is 23.7 Å². The second-order valence-electron chi connectivity index (χ2n) is 6.37. The van der Waals surface area contributed by atoms with Gasteiger partial charge in [-0.2, -0.15) is 0 Å². The number of nitrogens with zero attached hydrogens (tertiary/aromatic N) is 2. The third-order valence-electron chi connectivity index (χ3n) is 3.60. The van der Waals surface area contributed by atoms with Gasteiger partial charge in [-0.25, -0.2) is 0 Å². The summed E-state index contributed by atoms with van der Waals surface area (Å²) in [6, 6.07) is 3.93. The van der Waals surface area contributed by atoms with E-state index in [0.717, 1.165) is 31.1 Å². The average Bonchev–Trinajstić information content (AvgIpc) is 2.91. The van der Waals surface area contributed by atoms with Crippen LogP contribution in [0, 0.1) is 5.41 Å². The molecule has 0 spiro atoms. The highest BCUT2D eigenvalue weighted by molar-refractivity contribution is 7.10. The first-order chi connectivity index (χ1) is 9.38. The van der Waals surface area contributed by atoms with Crippen LogP contribution in [0.4, 0.5) is 0 Å². The number of halogens is 1. The average molecular weight is 333 g/mol. The topological polar surface area (TPSA) is 43.8 Å². The van der Waals surface area contributed by atoms with E-state index in [1.165, 1.54) is 0 Å². The number of amides is 1. The molecule has 2 heterocycles. The molecule has 0 aliphatic carbocycles. The predicted octanol–water partition coefficient (Wildman–Crippen LogP) is 2.39. The van der Waals surface area contributed by atoms with Gasteiger partial charge in [-0.05, 0) is 11.4 Å². The lowest BCUT2D eigenvalue weighted by Gasteiger charge is -2.38. The Hall–Kier alpha value is -0.620. The molecule has 0 aromatic carbocycles. The number of hydrogen-bond acceptors (Lipinski definition) is 4. The minimum absolute atomic E-state index is 0. The van der Waals surface area contributed by atoms with Crippen LogP contribution >= 0.6 is 23.7 Å². The second-order valence-corrected chi connectivity index (χ2v) is 7.35. The number of β-amino-alcohol motifs (C(OH)–C–C–N with tert-alkyl or cyclic N) is 1. The van der Waals surface area contributed by atoms with E-state index < -0.39 is 6.10 Å². The van der Waals surface area contributed by atoms with Crippen molar-refractivity contribution in [2.75, 3.05) is 32.7 Å².